The zero-order chi connectivity index (χ0) is 20.3. The van der Waals surface area contributed by atoms with Crippen LogP contribution in [0.25, 0.3) is 5.69 Å². The minimum Gasteiger partial charge on any atom is -0.477 e. The lowest BCUT2D eigenvalue weighted by atomic mass is 10.0. The van der Waals surface area contributed by atoms with Crippen LogP contribution in [0.2, 0.25) is 0 Å². The summed E-state index contributed by atoms with van der Waals surface area (Å²) < 4.78 is 27.6. The minimum absolute atomic E-state index is 0.165. The van der Waals surface area contributed by atoms with Crippen molar-refractivity contribution in [2.24, 2.45) is 0 Å². The summed E-state index contributed by atoms with van der Waals surface area (Å²) in [5.41, 5.74) is 2.79. The molecule has 1 heterocycles. The van der Waals surface area contributed by atoms with Gasteiger partial charge in [0.25, 0.3) is 0 Å². The van der Waals surface area contributed by atoms with E-state index in [2.05, 4.69) is 4.98 Å². The highest BCUT2D eigenvalue weighted by atomic mass is 32.2. The van der Waals surface area contributed by atoms with Crippen molar-refractivity contribution < 1.29 is 18.3 Å². The summed E-state index contributed by atoms with van der Waals surface area (Å²) in [4.78, 5) is 15.9. The van der Waals surface area contributed by atoms with Crippen LogP contribution in [0.15, 0.2) is 59.9 Å². The summed E-state index contributed by atoms with van der Waals surface area (Å²) in [5, 5.41) is 9.42. The van der Waals surface area contributed by atoms with Crippen LogP contribution < -0.4 is 0 Å². The summed E-state index contributed by atoms with van der Waals surface area (Å²) in [5.74, 6) is -1.47. The number of sulfone groups is 1. The van der Waals surface area contributed by atoms with Crippen molar-refractivity contribution in [3.8, 4) is 5.69 Å². The Hall–Kier alpha value is -2.93. The first-order valence-corrected chi connectivity index (χ1v) is 10.7. The van der Waals surface area contributed by atoms with Gasteiger partial charge in [-0.2, -0.15) is 0 Å². The lowest BCUT2D eigenvalue weighted by Crippen LogP contribution is -2.17. The number of carboxylic acid groups (broad SMARTS) is 1. The van der Waals surface area contributed by atoms with Crippen molar-refractivity contribution in [2.75, 3.05) is 0 Å². The molecule has 0 spiro atoms. The molecule has 6 nitrogen and oxygen atoms in total. The molecule has 0 unspecified atom stereocenters. The predicted molar refractivity (Wildman–Crippen MR) is 107 cm³/mol. The number of carbonyl (C=O) groups is 1. The van der Waals surface area contributed by atoms with E-state index in [4.69, 9.17) is 0 Å². The number of rotatable bonds is 7. The van der Waals surface area contributed by atoms with E-state index in [0.717, 1.165) is 17.3 Å². The van der Waals surface area contributed by atoms with Gasteiger partial charge >= 0.3 is 5.97 Å². The van der Waals surface area contributed by atoms with Gasteiger partial charge in [0.05, 0.1) is 17.6 Å². The SMILES string of the molecule is CCc1cccc(CC)c1-n1c(C(=O)O)cnc1S(=O)(=O)Cc1ccccc1. The third kappa shape index (κ3) is 3.71. The second-order valence-corrected chi connectivity index (χ2v) is 8.33. The molecule has 3 aromatic rings. The summed E-state index contributed by atoms with van der Waals surface area (Å²) in [6.45, 7) is 3.90. The molecule has 28 heavy (non-hydrogen) atoms. The molecule has 0 aliphatic rings. The van der Waals surface area contributed by atoms with E-state index in [1.165, 1.54) is 4.57 Å². The Labute approximate surface area is 164 Å². The van der Waals surface area contributed by atoms with Crippen LogP contribution in [0.3, 0.4) is 0 Å². The summed E-state index contributed by atoms with van der Waals surface area (Å²) in [6, 6.07) is 14.5. The number of hydrogen-bond acceptors (Lipinski definition) is 4. The van der Waals surface area contributed by atoms with Gasteiger partial charge < -0.3 is 5.11 Å². The third-order valence-electron chi connectivity index (χ3n) is 4.61. The van der Waals surface area contributed by atoms with Gasteiger partial charge in [-0.05, 0) is 29.5 Å². The fourth-order valence-electron chi connectivity index (χ4n) is 3.28. The highest BCUT2D eigenvalue weighted by molar-refractivity contribution is 7.90. The minimum atomic E-state index is -3.87. The molecule has 0 amide bonds. The molecule has 3 rings (SSSR count). The monoisotopic (exact) mass is 398 g/mol. The standard InChI is InChI=1S/C21H22N2O4S/c1-3-16-11-8-12-17(4-2)19(16)23-18(20(24)25)13-22-21(23)28(26,27)14-15-9-6-5-7-10-15/h5-13H,3-4,14H2,1-2H3,(H,24,25). The lowest BCUT2D eigenvalue weighted by molar-refractivity contribution is 0.0687. The van der Waals surface area contributed by atoms with Crippen molar-refractivity contribution >= 4 is 15.8 Å². The molecule has 0 saturated carbocycles. The normalized spacial score (nSPS) is 11.5. The third-order valence-corrected chi connectivity index (χ3v) is 6.17. The fourth-order valence-corrected chi connectivity index (χ4v) is 4.72. The average Bonchev–Trinajstić information content (AvgIpc) is 3.13. The molecule has 0 fully saturated rings. The summed E-state index contributed by atoms with van der Waals surface area (Å²) >= 11 is 0. The number of aromatic carboxylic acids is 1. The number of imidazole rings is 1. The molecule has 2 aromatic carbocycles. The Morgan fingerprint density at radius 3 is 2.14 bits per heavy atom. The molecule has 7 heteroatoms. The molecule has 0 aliphatic carbocycles. The molecule has 146 valence electrons. The largest absolute Gasteiger partial charge is 0.477 e. The van der Waals surface area contributed by atoms with Crippen LogP contribution in [0.1, 0.15) is 41.0 Å². The Morgan fingerprint density at radius 1 is 1.00 bits per heavy atom. The topological polar surface area (TPSA) is 89.3 Å². The van der Waals surface area contributed by atoms with Crippen molar-refractivity contribution in [3.63, 3.8) is 0 Å². The van der Waals surface area contributed by atoms with Gasteiger partial charge in [-0.3, -0.25) is 4.57 Å². The molecule has 0 saturated heterocycles. The van der Waals surface area contributed by atoms with Gasteiger partial charge in [0.15, 0.2) is 5.69 Å². The van der Waals surface area contributed by atoms with Crippen LogP contribution in [0.5, 0.6) is 0 Å². The molecule has 0 bridgehead atoms. The van der Waals surface area contributed by atoms with Gasteiger partial charge in [0.2, 0.25) is 15.0 Å². The van der Waals surface area contributed by atoms with Crippen LogP contribution in [0, 0.1) is 0 Å². The van der Waals surface area contributed by atoms with Gasteiger partial charge in [0, 0.05) is 0 Å². The first-order chi connectivity index (χ1) is 13.4. The molecule has 0 aliphatic heterocycles. The van der Waals surface area contributed by atoms with Crippen LogP contribution in [0.4, 0.5) is 0 Å². The van der Waals surface area contributed by atoms with E-state index >= 15 is 0 Å². The molecule has 0 radical (unpaired) electrons. The zero-order valence-corrected chi connectivity index (χ0v) is 16.6. The maximum Gasteiger partial charge on any atom is 0.354 e. The van der Waals surface area contributed by atoms with Crippen LogP contribution >= 0.6 is 0 Å². The fraction of sp³-hybridized carbons (Fsp3) is 0.238. The Kier molecular flexibility index (Phi) is 5.65. The van der Waals surface area contributed by atoms with Gasteiger partial charge in [0.1, 0.15) is 0 Å². The number of carboxylic acids is 1. The summed E-state index contributed by atoms with van der Waals surface area (Å²) in [6.07, 6.45) is 2.39. The number of nitrogens with zero attached hydrogens (tertiary/aromatic N) is 2. The Morgan fingerprint density at radius 2 is 1.61 bits per heavy atom. The predicted octanol–water partition coefficient (Wildman–Crippen LogP) is 3.67. The zero-order valence-electron chi connectivity index (χ0n) is 15.8. The Balaban J connectivity index is 2.26. The molecular weight excluding hydrogens is 376 g/mol. The maximum absolute atomic E-state index is 13.2. The van der Waals surface area contributed by atoms with E-state index < -0.39 is 15.8 Å². The molecule has 1 aromatic heterocycles. The van der Waals surface area contributed by atoms with E-state index in [-0.39, 0.29) is 16.6 Å². The molecule has 0 atom stereocenters. The lowest BCUT2D eigenvalue weighted by Gasteiger charge is -2.18. The van der Waals surface area contributed by atoms with Crippen molar-refractivity contribution in [3.05, 3.63) is 77.1 Å². The first-order valence-electron chi connectivity index (χ1n) is 9.07. The van der Waals surface area contributed by atoms with Crippen LogP contribution in [-0.4, -0.2) is 29.0 Å². The maximum atomic E-state index is 13.2. The second-order valence-electron chi connectivity index (χ2n) is 6.44. The highest BCUT2D eigenvalue weighted by Gasteiger charge is 2.29. The van der Waals surface area contributed by atoms with Gasteiger partial charge in [-0.25, -0.2) is 18.2 Å². The van der Waals surface area contributed by atoms with E-state index in [9.17, 15) is 18.3 Å². The first kappa shape index (κ1) is 19.8. The number of para-hydroxylation sites is 1. The van der Waals surface area contributed by atoms with Gasteiger partial charge in [-0.1, -0.05) is 62.4 Å². The second kappa shape index (κ2) is 7.98. The molecular formula is C21H22N2O4S. The number of aromatic nitrogens is 2. The van der Waals surface area contributed by atoms with Crippen LogP contribution in [-0.2, 0) is 28.4 Å². The smallest absolute Gasteiger partial charge is 0.354 e. The summed E-state index contributed by atoms with van der Waals surface area (Å²) in [7, 11) is -3.87. The highest BCUT2D eigenvalue weighted by Crippen LogP contribution is 2.28. The van der Waals surface area contributed by atoms with Crippen molar-refractivity contribution in [1.29, 1.82) is 0 Å². The van der Waals surface area contributed by atoms with E-state index in [0.29, 0.717) is 24.1 Å². The number of aryl methyl sites for hydroxylation is 2. The van der Waals surface area contributed by atoms with E-state index in [1.54, 1.807) is 24.3 Å². The Bertz CT molecular complexity index is 1080. The number of benzene rings is 2. The number of hydrogen-bond donors (Lipinski definition) is 1. The van der Waals surface area contributed by atoms with Crippen molar-refractivity contribution in [2.45, 2.75) is 37.6 Å². The average molecular weight is 398 g/mol. The van der Waals surface area contributed by atoms with Crippen molar-refractivity contribution in [1.82, 2.24) is 9.55 Å². The molecule has 1 N–H and O–H groups in total. The van der Waals surface area contributed by atoms with E-state index in [1.807, 2.05) is 38.1 Å². The van der Waals surface area contributed by atoms with Gasteiger partial charge in [-0.15, -0.1) is 0 Å². The quantitative estimate of drug-likeness (QED) is 0.656.